The van der Waals surface area contributed by atoms with Gasteiger partial charge in [0.1, 0.15) is 5.76 Å². The zero-order valence-corrected chi connectivity index (χ0v) is 13.1. The Morgan fingerprint density at radius 2 is 1.96 bits per heavy atom. The van der Waals surface area contributed by atoms with Gasteiger partial charge >= 0.3 is 0 Å². The molecule has 0 saturated carbocycles. The standard InChI is InChI=1S/C16H19N3O4/c1-19(2)12-8-6-11(7-9-12)15(20)5-3-4-13-10-14(18-23-13)16(21)17-22/h6-10,22H,3-5H2,1-2H3,(H,17,21). The van der Waals surface area contributed by atoms with Crippen LogP contribution in [-0.2, 0) is 6.42 Å². The second-order valence-electron chi connectivity index (χ2n) is 5.34. The molecule has 0 saturated heterocycles. The van der Waals surface area contributed by atoms with Crippen molar-refractivity contribution in [1.82, 2.24) is 10.6 Å². The maximum atomic E-state index is 12.1. The number of aromatic nitrogens is 1. The number of carbonyl (C=O) groups is 2. The largest absolute Gasteiger partial charge is 0.378 e. The van der Waals surface area contributed by atoms with E-state index in [1.54, 1.807) is 0 Å². The Bertz CT molecular complexity index is 677. The van der Waals surface area contributed by atoms with Crippen molar-refractivity contribution in [2.75, 3.05) is 19.0 Å². The number of carbonyl (C=O) groups excluding carboxylic acids is 2. The van der Waals surface area contributed by atoms with Crippen molar-refractivity contribution in [3.8, 4) is 0 Å². The monoisotopic (exact) mass is 317 g/mol. The van der Waals surface area contributed by atoms with E-state index in [2.05, 4.69) is 5.16 Å². The molecule has 0 atom stereocenters. The highest BCUT2D eigenvalue weighted by atomic mass is 16.5. The summed E-state index contributed by atoms with van der Waals surface area (Å²) in [6, 6.07) is 8.89. The summed E-state index contributed by atoms with van der Waals surface area (Å²) in [4.78, 5) is 25.2. The summed E-state index contributed by atoms with van der Waals surface area (Å²) in [6.45, 7) is 0. The van der Waals surface area contributed by atoms with Gasteiger partial charge in [0.2, 0.25) is 0 Å². The maximum Gasteiger partial charge on any atom is 0.296 e. The van der Waals surface area contributed by atoms with Gasteiger partial charge in [-0.2, -0.15) is 0 Å². The number of ketones is 1. The Hall–Kier alpha value is -2.67. The number of anilines is 1. The summed E-state index contributed by atoms with van der Waals surface area (Å²) >= 11 is 0. The SMILES string of the molecule is CN(C)c1ccc(C(=O)CCCc2cc(C(=O)NO)no2)cc1. The third-order valence-electron chi connectivity index (χ3n) is 3.43. The van der Waals surface area contributed by atoms with E-state index in [9.17, 15) is 9.59 Å². The molecule has 0 aliphatic rings. The Labute approximate surface area is 133 Å². The number of nitrogens with zero attached hydrogens (tertiary/aromatic N) is 2. The van der Waals surface area contributed by atoms with E-state index in [-0.39, 0.29) is 11.5 Å². The predicted molar refractivity (Wildman–Crippen MR) is 83.8 cm³/mol. The van der Waals surface area contributed by atoms with Gasteiger partial charge in [-0.15, -0.1) is 0 Å². The second-order valence-corrected chi connectivity index (χ2v) is 5.34. The summed E-state index contributed by atoms with van der Waals surface area (Å²) in [5.41, 5.74) is 3.21. The van der Waals surface area contributed by atoms with E-state index in [0.29, 0.717) is 30.6 Å². The molecule has 0 unspecified atom stereocenters. The van der Waals surface area contributed by atoms with Crippen LogP contribution < -0.4 is 10.4 Å². The van der Waals surface area contributed by atoms with Gasteiger partial charge in [0.15, 0.2) is 11.5 Å². The van der Waals surface area contributed by atoms with Crippen LogP contribution in [0.3, 0.4) is 0 Å². The Kier molecular flexibility index (Phi) is 5.48. The van der Waals surface area contributed by atoms with Crippen LogP contribution in [0.15, 0.2) is 34.9 Å². The van der Waals surface area contributed by atoms with Crippen molar-refractivity contribution in [2.24, 2.45) is 0 Å². The van der Waals surface area contributed by atoms with Crippen LogP contribution in [-0.4, -0.2) is 36.1 Å². The molecule has 2 aromatic rings. The van der Waals surface area contributed by atoms with Gasteiger partial charge in [0.25, 0.3) is 5.91 Å². The highest BCUT2D eigenvalue weighted by molar-refractivity contribution is 5.96. The molecule has 7 heteroatoms. The number of nitrogens with one attached hydrogen (secondary N) is 1. The van der Waals surface area contributed by atoms with E-state index in [1.807, 2.05) is 43.3 Å². The molecule has 0 aliphatic heterocycles. The van der Waals surface area contributed by atoms with Gasteiger partial charge in [-0.25, -0.2) is 5.48 Å². The fourth-order valence-corrected chi connectivity index (χ4v) is 2.11. The summed E-state index contributed by atoms with van der Waals surface area (Å²) < 4.78 is 4.98. The van der Waals surface area contributed by atoms with Crippen molar-refractivity contribution in [2.45, 2.75) is 19.3 Å². The third kappa shape index (κ3) is 4.40. The molecule has 0 fully saturated rings. The van der Waals surface area contributed by atoms with Gasteiger partial charge in [-0.3, -0.25) is 14.8 Å². The lowest BCUT2D eigenvalue weighted by Crippen LogP contribution is -2.18. The zero-order chi connectivity index (χ0) is 16.8. The van der Waals surface area contributed by atoms with Gasteiger partial charge in [0.05, 0.1) is 0 Å². The van der Waals surface area contributed by atoms with Crippen LogP contribution >= 0.6 is 0 Å². The molecule has 2 rings (SSSR count). The molecule has 2 N–H and O–H groups in total. The summed E-state index contributed by atoms with van der Waals surface area (Å²) in [6.07, 6.45) is 1.46. The molecule has 23 heavy (non-hydrogen) atoms. The van der Waals surface area contributed by atoms with Crippen LogP contribution in [0.2, 0.25) is 0 Å². The number of amides is 1. The minimum absolute atomic E-state index is 0.00750. The smallest absolute Gasteiger partial charge is 0.296 e. The van der Waals surface area contributed by atoms with Gasteiger partial charge in [-0.1, -0.05) is 5.16 Å². The number of hydrogen-bond donors (Lipinski definition) is 2. The first-order chi connectivity index (χ1) is 11.0. The third-order valence-corrected chi connectivity index (χ3v) is 3.43. The van der Waals surface area contributed by atoms with Crippen LogP contribution in [0.5, 0.6) is 0 Å². The molecular weight excluding hydrogens is 298 g/mol. The van der Waals surface area contributed by atoms with E-state index in [1.165, 1.54) is 11.5 Å². The van der Waals surface area contributed by atoms with Crippen LogP contribution in [0.4, 0.5) is 5.69 Å². The second kappa shape index (κ2) is 7.55. The van der Waals surface area contributed by atoms with Gasteiger partial charge in [0, 0.05) is 44.3 Å². The molecule has 1 amide bonds. The molecule has 0 bridgehead atoms. The Morgan fingerprint density at radius 3 is 2.57 bits per heavy atom. The number of aryl methyl sites for hydroxylation is 1. The fourth-order valence-electron chi connectivity index (χ4n) is 2.11. The predicted octanol–water partition coefficient (Wildman–Crippen LogP) is 2.07. The quantitative estimate of drug-likeness (QED) is 0.461. The number of Topliss-reactive ketones (excluding diaryl/α,β-unsaturated/α-hetero) is 1. The lowest BCUT2D eigenvalue weighted by molar-refractivity contribution is 0.0696. The minimum atomic E-state index is -0.725. The summed E-state index contributed by atoms with van der Waals surface area (Å²) in [5, 5.41) is 12.0. The topological polar surface area (TPSA) is 95.7 Å². The normalized spacial score (nSPS) is 10.4. The number of hydroxylamine groups is 1. The average molecular weight is 317 g/mol. The highest BCUT2D eigenvalue weighted by Gasteiger charge is 2.12. The first-order valence-electron chi connectivity index (χ1n) is 7.22. The Balaban J connectivity index is 1.84. The molecule has 0 aliphatic carbocycles. The van der Waals surface area contributed by atoms with E-state index >= 15 is 0 Å². The molecule has 7 nitrogen and oxygen atoms in total. The number of benzene rings is 1. The van der Waals surface area contributed by atoms with Gasteiger partial charge < -0.3 is 9.42 Å². The molecule has 1 aromatic heterocycles. The number of hydrogen-bond acceptors (Lipinski definition) is 6. The number of rotatable bonds is 7. The Morgan fingerprint density at radius 1 is 1.26 bits per heavy atom. The van der Waals surface area contributed by atoms with Crippen molar-refractivity contribution in [3.05, 3.63) is 47.3 Å². The molecular formula is C16H19N3O4. The van der Waals surface area contributed by atoms with E-state index in [4.69, 9.17) is 9.73 Å². The first-order valence-corrected chi connectivity index (χ1v) is 7.22. The van der Waals surface area contributed by atoms with Gasteiger partial charge in [-0.05, 0) is 30.7 Å². The highest BCUT2D eigenvalue weighted by Crippen LogP contribution is 2.15. The van der Waals surface area contributed by atoms with Crippen LogP contribution in [0, 0.1) is 0 Å². The molecule has 0 spiro atoms. The van der Waals surface area contributed by atoms with Crippen molar-refractivity contribution in [1.29, 1.82) is 0 Å². The maximum absolute atomic E-state index is 12.1. The lowest BCUT2D eigenvalue weighted by atomic mass is 10.0. The van der Waals surface area contributed by atoms with Crippen molar-refractivity contribution >= 4 is 17.4 Å². The van der Waals surface area contributed by atoms with Crippen molar-refractivity contribution < 1.29 is 19.3 Å². The minimum Gasteiger partial charge on any atom is -0.378 e. The fraction of sp³-hybridized carbons (Fsp3) is 0.312. The molecule has 1 aromatic carbocycles. The molecule has 122 valence electrons. The molecule has 0 radical (unpaired) electrons. The zero-order valence-electron chi connectivity index (χ0n) is 13.1. The van der Waals surface area contributed by atoms with E-state index < -0.39 is 5.91 Å². The average Bonchev–Trinajstić information content (AvgIpc) is 3.03. The van der Waals surface area contributed by atoms with Crippen LogP contribution in [0.25, 0.3) is 0 Å². The van der Waals surface area contributed by atoms with E-state index in [0.717, 1.165) is 5.69 Å². The first kappa shape index (κ1) is 16.7. The van der Waals surface area contributed by atoms with Crippen LogP contribution in [0.1, 0.15) is 39.4 Å². The summed E-state index contributed by atoms with van der Waals surface area (Å²) in [5.74, 6) is -0.167. The summed E-state index contributed by atoms with van der Waals surface area (Å²) in [7, 11) is 3.89. The lowest BCUT2D eigenvalue weighted by Gasteiger charge is -2.12. The molecule has 1 heterocycles. The van der Waals surface area contributed by atoms with Crippen molar-refractivity contribution in [3.63, 3.8) is 0 Å².